The van der Waals surface area contributed by atoms with Crippen molar-refractivity contribution in [1.29, 1.82) is 0 Å². The summed E-state index contributed by atoms with van der Waals surface area (Å²) < 4.78 is 17.2. The average Bonchev–Trinajstić information content (AvgIpc) is 3.31. The van der Waals surface area contributed by atoms with E-state index in [0.717, 1.165) is 33.2 Å². The Bertz CT molecular complexity index is 1230. The van der Waals surface area contributed by atoms with Crippen LogP contribution in [0.25, 0.3) is 38.8 Å². The fourth-order valence-electron chi connectivity index (χ4n) is 3.15. The van der Waals surface area contributed by atoms with Crippen LogP contribution < -0.4 is 0 Å². The van der Waals surface area contributed by atoms with E-state index in [9.17, 15) is 4.39 Å². The molecule has 6 nitrogen and oxygen atoms in total. The summed E-state index contributed by atoms with van der Waals surface area (Å²) in [6.07, 6.45) is 10.6. The van der Waals surface area contributed by atoms with Gasteiger partial charge in [-0.2, -0.15) is 10.2 Å². The molecule has 0 bridgehead atoms. The zero-order valence-corrected chi connectivity index (χ0v) is 13.3. The van der Waals surface area contributed by atoms with Gasteiger partial charge in [-0.15, -0.1) is 0 Å². The van der Waals surface area contributed by atoms with Crippen LogP contribution >= 0.6 is 0 Å². The maximum absolute atomic E-state index is 13.6. The third-order valence-electron chi connectivity index (χ3n) is 4.35. The summed E-state index contributed by atoms with van der Waals surface area (Å²) in [5.74, 6) is -0.352. The molecule has 0 aliphatic heterocycles. The summed E-state index contributed by atoms with van der Waals surface area (Å²) >= 11 is 0. The second-order valence-electron chi connectivity index (χ2n) is 5.96. The second-order valence-corrected chi connectivity index (χ2v) is 5.96. The normalized spacial score (nSPS) is 11.6. The average molecular weight is 332 g/mol. The van der Waals surface area contributed by atoms with Crippen molar-refractivity contribution in [2.75, 3.05) is 0 Å². The van der Waals surface area contributed by atoms with Crippen LogP contribution in [0.4, 0.5) is 4.39 Å². The summed E-state index contributed by atoms with van der Waals surface area (Å²) in [7, 11) is 1.88. The number of halogens is 1. The molecule has 25 heavy (non-hydrogen) atoms. The molecule has 5 aromatic rings. The Morgan fingerprint density at radius 2 is 1.96 bits per heavy atom. The van der Waals surface area contributed by atoms with Crippen LogP contribution in [-0.2, 0) is 7.05 Å². The van der Waals surface area contributed by atoms with E-state index >= 15 is 0 Å². The predicted octanol–water partition coefficient (Wildman–Crippen LogP) is 3.42. The topological polar surface area (TPSA) is 63.8 Å². The first kappa shape index (κ1) is 13.9. The Labute approximate surface area is 141 Å². The largest absolute Gasteiger partial charge is 0.346 e. The van der Waals surface area contributed by atoms with Gasteiger partial charge in [0.2, 0.25) is 0 Å². The van der Waals surface area contributed by atoms with Gasteiger partial charge >= 0.3 is 0 Å². The van der Waals surface area contributed by atoms with Crippen LogP contribution in [0.2, 0.25) is 0 Å². The number of rotatable bonds is 2. The van der Waals surface area contributed by atoms with Crippen molar-refractivity contribution in [3.63, 3.8) is 0 Å². The lowest BCUT2D eigenvalue weighted by Crippen LogP contribution is -1.87. The number of nitrogens with zero attached hydrogens (tertiary/aromatic N) is 5. The van der Waals surface area contributed by atoms with Crippen molar-refractivity contribution in [3.8, 4) is 22.3 Å². The van der Waals surface area contributed by atoms with E-state index in [1.807, 2.05) is 54.7 Å². The lowest BCUT2D eigenvalue weighted by atomic mass is 10.0. The van der Waals surface area contributed by atoms with E-state index in [2.05, 4.69) is 20.2 Å². The number of fused-ring (bicyclic) bond motifs is 2. The zero-order chi connectivity index (χ0) is 17.0. The Morgan fingerprint density at radius 1 is 1.04 bits per heavy atom. The van der Waals surface area contributed by atoms with E-state index in [4.69, 9.17) is 0 Å². The molecule has 0 aliphatic carbocycles. The van der Waals surface area contributed by atoms with Gasteiger partial charge in [0.15, 0.2) is 0 Å². The molecule has 0 aliphatic rings. The van der Waals surface area contributed by atoms with Gasteiger partial charge in [-0.3, -0.25) is 4.68 Å². The van der Waals surface area contributed by atoms with Crippen molar-refractivity contribution in [2.45, 2.75) is 0 Å². The molecule has 5 heterocycles. The molecule has 122 valence electrons. The quantitative estimate of drug-likeness (QED) is 0.539. The van der Waals surface area contributed by atoms with Crippen molar-refractivity contribution in [3.05, 3.63) is 61.2 Å². The lowest BCUT2D eigenvalue weighted by Gasteiger charge is -2.02. The first-order chi connectivity index (χ1) is 12.2. The van der Waals surface area contributed by atoms with E-state index in [0.29, 0.717) is 5.65 Å². The maximum atomic E-state index is 13.6. The maximum Gasteiger partial charge on any atom is 0.142 e. The number of nitrogens with one attached hydrogen (secondary N) is 1. The number of pyridine rings is 2. The number of hydrogen-bond acceptors (Lipinski definition) is 3. The van der Waals surface area contributed by atoms with E-state index < -0.39 is 0 Å². The van der Waals surface area contributed by atoms with E-state index in [1.54, 1.807) is 4.68 Å². The summed E-state index contributed by atoms with van der Waals surface area (Å²) in [5.41, 5.74) is 5.50. The van der Waals surface area contributed by atoms with Gasteiger partial charge in [0.1, 0.15) is 11.5 Å². The second kappa shape index (κ2) is 5.01. The van der Waals surface area contributed by atoms with Gasteiger partial charge in [0.05, 0.1) is 24.1 Å². The Hall–Kier alpha value is -3.48. The lowest BCUT2D eigenvalue weighted by molar-refractivity contribution is 0.624. The van der Waals surface area contributed by atoms with Gasteiger partial charge in [0, 0.05) is 47.7 Å². The number of aromatic amines is 1. The summed E-state index contributed by atoms with van der Waals surface area (Å²) in [4.78, 5) is 7.18. The number of aromatic nitrogens is 6. The predicted molar refractivity (Wildman–Crippen MR) is 92.4 cm³/mol. The van der Waals surface area contributed by atoms with Gasteiger partial charge in [-0.05, 0) is 23.8 Å². The minimum absolute atomic E-state index is 0.352. The molecule has 1 N–H and O–H groups in total. The van der Waals surface area contributed by atoms with Crippen LogP contribution in [0.5, 0.6) is 0 Å². The van der Waals surface area contributed by atoms with Crippen LogP contribution in [0.1, 0.15) is 0 Å². The first-order valence-electron chi connectivity index (χ1n) is 7.78. The fourth-order valence-corrected chi connectivity index (χ4v) is 3.15. The number of H-pyrrole nitrogens is 1. The highest BCUT2D eigenvalue weighted by Crippen LogP contribution is 2.31. The van der Waals surface area contributed by atoms with Crippen molar-refractivity contribution in [2.24, 2.45) is 7.05 Å². The summed E-state index contributed by atoms with van der Waals surface area (Å²) in [6.45, 7) is 0. The van der Waals surface area contributed by atoms with Crippen LogP contribution in [-0.4, -0.2) is 29.4 Å². The van der Waals surface area contributed by atoms with E-state index in [1.165, 1.54) is 12.3 Å². The van der Waals surface area contributed by atoms with E-state index in [-0.39, 0.29) is 5.82 Å². The molecule has 0 aromatic carbocycles. The smallest absolute Gasteiger partial charge is 0.142 e. The molecule has 0 saturated heterocycles. The molecule has 5 aromatic heterocycles. The standard InChI is InChI=1S/C18H13FN6/c1-24-10-12(6-22-24)16-9-23-25-3-2-11(4-17(16)25)15-8-21-18-14(15)5-13(19)7-20-18/h2-10H,1H3,(H,20,21). The number of hydrogen-bond donors (Lipinski definition) is 1. The molecule has 0 atom stereocenters. The molecule has 0 amide bonds. The Morgan fingerprint density at radius 3 is 2.80 bits per heavy atom. The highest BCUT2D eigenvalue weighted by molar-refractivity contribution is 5.95. The van der Waals surface area contributed by atoms with Gasteiger partial charge in [0.25, 0.3) is 0 Å². The Balaban J connectivity index is 1.73. The van der Waals surface area contributed by atoms with Crippen LogP contribution in [0.15, 0.2) is 55.4 Å². The monoisotopic (exact) mass is 332 g/mol. The minimum atomic E-state index is -0.352. The van der Waals surface area contributed by atoms with Crippen molar-refractivity contribution < 1.29 is 4.39 Å². The highest BCUT2D eigenvalue weighted by atomic mass is 19.1. The summed E-state index contributed by atoms with van der Waals surface area (Å²) in [6, 6.07) is 5.50. The van der Waals surface area contributed by atoms with Gasteiger partial charge < -0.3 is 4.98 Å². The van der Waals surface area contributed by atoms with Gasteiger partial charge in [-0.1, -0.05) is 0 Å². The minimum Gasteiger partial charge on any atom is -0.346 e. The molecule has 0 saturated carbocycles. The number of aryl methyl sites for hydroxylation is 1. The van der Waals surface area contributed by atoms with Crippen molar-refractivity contribution in [1.82, 2.24) is 29.4 Å². The molecule has 0 fully saturated rings. The molecule has 7 heteroatoms. The Kier molecular flexibility index (Phi) is 2.79. The highest BCUT2D eigenvalue weighted by Gasteiger charge is 2.12. The SMILES string of the molecule is Cn1cc(-c2cnn3ccc(-c4c[nH]c5ncc(F)cc45)cc23)cn1. The molecule has 5 rings (SSSR count). The summed E-state index contributed by atoms with van der Waals surface area (Å²) in [5, 5.41) is 9.39. The first-order valence-corrected chi connectivity index (χ1v) is 7.78. The molecule has 0 spiro atoms. The van der Waals surface area contributed by atoms with Crippen LogP contribution in [0, 0.1) is 5.82 Å². The molecule has 0 unspecified atom stereocenters. The third-order valence-corrected chi connectivity index (χ3v) is 4.35. The molecular weight excluding hydrogens is 319 g/mol. The third kappa shape index (κ3) is 2.13. The van der Waals surface area contributed by atoms with Crippen molar-refractivity contribution >= 4 is 16.6 Å². The van der Waals surface area contributed by atoms with Crippen LogP contribution in [0.3, 0.4) is 0 Å². The van der Waals surface area contributed by atoms with Gasteiger partial charge in [-0.25, -0.2) is 13.9 Å². The zero-order valence-electron chi connectivity index (χ0n) is 13.3. The molecular formula is C18H13FN6. The fraction of sp³-hybridized carbons (Fsp3) is 0.0556. The molecule has 0 radical (unpaired) electrons.